The zero-order valence-corrected chi connectivity index (χ0v) is 11.9. The van der Waals surface area contributed by atoms with Crippen molar-refractivity contribution in [3.63, 3.8) is 0 Å². The van der Waals surface area contributed by atoms with E-state index in [1.54, 1.807) is 6.20 Å². The summed E-state index contributed by atoms with van der Waals surface area (Å²) in [4.78, 5) is 12.2. The number of aryl methyl sites for hydroxylation is 1. The van der Waals surface area contributed by atoms with Gasteiger partial charge in [0.1, 0.15) is 5.82 Å². The van der Waals surface area contributed by atoms with Crippen LogP contribution in [0.1, 0.15) is 12.6 Å². The summed E-state index contributed by atoms with van der Waals surface area (Å²) in [5.74, 6) is 0.860. The lowest BCUT2D eigenvalue weighted by Gasteiger charge is -1.98. The van der Waals surface area contributed by atoms with Gasteiger partial charge >= 0.3 is 0 Å². The molecule has 3 aromatic heterocycles. The standard InChI is InChI=1S/C14H12ClN3S/c1-2-11-13(9-4-3-5-16-7-9)18-14(17-11)10-6-12(15)19-8-10/h3-8H,2H2,1H3,(H,17,18). The third kappa shape index (κ3) is 2.41. The fourth-order valence-electron chi connectivity index (χ4n) is 1.98. The Morgan fingerprint density at radius 1 is 1.37 bits per heavy atom. The maximum atomic E-state index is 5.97. The van der Waals surface area contributed by atoms with E-state index in [0.29, 0.717) is 0 Å². The summed E-state index contributed by atoms with van der Waals surface area (Å²) < 4.78 is 0.771. The maximum absolute atomic E-state index is 5.97. The van der Waals surface area contributed by atoms with Gasteiger partial charge in [-0.1, -0.05) is 18.5 Å². The number of thiophene rings is 1. The molecule has 96 valence electrons. The fourth-order valence-corrected chi connectivity index (χ4v) is 2.84. The van der Waals surface area contributed by atoms with Crippen LogP contribution in [0.4, 0.5) is 0 Å². The Labute approximate surface area is 120 Å². The number of aromatic amines is 1. The van der Waals surface area contributed by atoms with E-state index in [4.69, 9.17) is 11.6 Å². The molecule has 19 heavy (non-hydrogen) atoms. The van der Waals surface area contributed by atoms with Crippen LogP contribution in [0.25, 0.3) is 22.6 Å². The fraction of sp³-hybridized carbons (Fsp3) is 0.143. The average Bonchev–Trinajstić information content (AvgIpc) is 3.05. The summed E-state index contributed by atoms with van der Waals surface area (Å²) in [6.07, 6.45) is 4.50. The largest absolute Gasteiger partial charge is 0.341 e. The summed E-state index contributed by atoms with van der Waals surface area (Å²) >= 11 is 7.49. The molecule has 3 nitrogen and oxygen atoms in total. The van der Waals surface area contributed by atoms with Crippen molar-refractivity contribution < 1.29 is 0 Å². The van der Waals surface area contributed by atoms with Crippen molar-refractivity contribution >= 4 is 22.9 Å². The van der Waals surface area contributed by atoms with Crippen molar-refractivity contribution in [2.75, 3.05) is 0 Å². The summed E-state index contributed by atoms with van der Waals surface area (Å²) in [7, 11) is 0. The molecule has 0 aliphatic rings. The molecule has 0 amide bonds. The second-order valence-corrected chi connectivity index (χ2v) is 5.69. The van der Waals surface area contributed by atoms with Crippen LogP contribution in [-0.4, -0.2) is 15.0 Å². The molecule has 0 radical (unpaired) electrons. The summed E-state index contributed by atoms with van der Waals surface area (Å²) in [5.41, 5.74) is 4.14. The quantitative estimate of drug-likeness (QED) is 0.775. The molecule has 3 heterocycles. The van der Waals surface area contributed by atoms with Crippen molar-refractivity contribution in [2.45, 2.75) is 13.3 Å². The number of hydrogen-bond acceptors (Lipinski definition) is 3. The number of nitrogens with zero attached hydrogens (tertiary/aromatic N) is 2. The third-order valence-corrected chi connectivity index (χ3v) is 4.00. The monoisotopic (exact) mass is 289 g/mol. The maximum Gasteiger partial charge on any atom is 0.139 e. The van der Waals surface area contributed by atoms with E-state index in [2.05, 4.69) is 21.9 Å². The SMILES string of the molecule is CCc1[nH]c(-c2csc(Cl)c2)nc1-c1cccnc1. The molecular formula is C14H12ClN3S. The van der Waals surface area contributed by atoms with E-state index >= 15 is 0 Å². The van der Waals surface area contributed by atoms with Gasteiger partial charge in [-0.05, 0) is 24.6 Å². The molecule has 0 spiro atoms. The Hall–Kier alpha value is -1.65. The van der Waals surface area contributed by atoms with Crippen LogP contribution in [0.5, 0.6) is 0 Å². The summed E-state index contributed by atoms with van der Waals surface area (Å²) in [6.45, 7) is 2.11. The minimum absolute atomic E-state index is 0.771. The van der Waals surface area contributed by atoms with Crippen LogP contribution >= 0.6 is 22.9 Å². The lowest BCUT2D eigenvalue weighted by molar-refractivity contribution is 1.07. The molecule has 0 unspecified atom stereocenters. The Kier molecular flexibility index (Phi) is 3.36. The number of halogens is 1. The van der Waals surface area contributed by atoms with E-state index in [1.807, 2.05) is 29.8 Å². The molecule has 5 heteroatoms. The number of pyridine rings is 1. The topological polar surface area (TPSA) is 41.6 Å². The van der Waals surface area contributed by atoms with Crippen LogP contribution in [0.15, 0.2) is 36.0 Å². The molecular weight excluding hydrogens is 278 g/mol. The van der Waals surface area contributed by atoms with Gasteiger partial charge < -0.3 is 4.98 Å². The number of H-pyrrole nitrogens is 1. The van der Waals surface area contributed by atoms with Gasteiger partial charge in [0.25, 0.3) is 0 Å². The van der Waals surface area contributed by atoms with Crippen molar-refractivity contribution in [1.82, 2.24) is 15.0 Å². The van der Waals surface area contributed by atoms with Crippen LogP contribution in [0.3, 0.4) is 0 Å². The normalized spacial score (nSPS) is 10.8. The van der Waals surface area contributed by atoms with Gasteiger partial charge in [-0.25, -0.2) is 4.98 Å². The number of nitrogens with one attached hydrogen (secondary N) is 1. The van der Waals surface area contributed by atoms with Crippen LogP contribution in [0.2, 0.25) is 4.34 Å². The van der Waals surface area contributed by atoms with E-state index in [0.717, 1.165) is 39.1 Å². The third-order valence-electron chi connectivity index (χ3n) is 2.91. The van der Waals surface area contributed by atoms with Crippen LogP contribution < -0.4 is 0 Å². The van der Waals surface area contributed by atoms with Crippen molar-refractivity contribution in [3.8, 4) is 22.6 Å². The Morgan fingerprint density at radius 2 is 2.26 bits per heavy atom. The molecule has 0 aliphatic carbocycles. The highest BCUT2D eigenvalue weighted by molar-refractivity contribution is 7.14. The Morgan fingerprint density at radius 3 is 2.89 bits per heavy atom. The van der Waals surface area contributed by atoms with Gasteiger partial charge in [-0.2, -0.15) is 0 Å². The number of imidazole rings is 1. The highest BCUT2D eigenvalue weighted by Gasteiger charge is 2.13. The van der Waals surface area contributed by atoms with Crippen molar-refractivity contribution in [2.24, 2.45) is 0 Å². The number of aromatic nitrogens is 3. The summed E-state index contributed by atoms with van der Waals surface area (Å²) in [5, 5.41) is 2.01. The molecule has 0 aliphatic heterocycles. The van der Waals surface area contributed by atoms with Crippen molar-refractivity contribution in [1.29, 1.82) is 0 Å². The Balaban J connectivity index is 2.09. The second kappa shape index (κ2) is 5.15. The molecule has 3 aromatic rings. The molecule has 0 atom stereocenters. The zero-order chi connectivity index (χ0) is 13.2. The number of hydrogen-bond donors (Lipinski definition) is 1. The predicted octanol–water partition coefficient (Wildman–Crippen LogP) is 4.42. The highest BCUT2D eigenvalue weighted by Crippen LogP contribution is 2.30. The molecule has 0 saturated carbocycles. The summed E-state index contributed by atoms with van der Waals surface area (Å²) in [6, 6.07) is 5.87. The smallest absolute Gasteiger partial charge is 0.139 e. The van der Waals surface area contributed by atoms with E-state index in [9.17, 15) is 0 Å². The van der Waals surface area contributed by atoms with Gasteiger partial charge in [0.15, 0.2) is 0 Å². The molecule has 1 N–H and O–H groups in total. The lowest BCUT2D eigenvalue weighted by Crippen LogP contribution is -1.86. The van der Waals surface area contributed by atoms with E-state index in [1.165, 1.54) is 11.3 Å². The predicted molar refractivity (Wildman–Crippen MR) is 79.5 cm³/mol. The van der Waals surface area contributed by atoms with Crippen LogP contribution in [-0.2, 0) is 6.42 Å². The second-order valence-electron chi connectivity index (χ2n) is 4.15. The van der Waals surface area contributed by atoms with Gasteiger partial charge in [0.2, 0.25) is 0 Å². The molecule has 3 rings (SSSR count). The lowest BCUT2D eigenvalue weighted by atomic mass is 10.1. The molecule has 0 bridgehead atoms. The van der Waals surface area contributed by atoms with Crippen LogP contribution in [0, 0.1) is 0 Å². The van der Waals surface area contributed by atoms with Gasteiger partial charge in [-0.3, -0.25) is 4.98 Å². The molecule has 0 fully saturated rings. The average molecular weight is 290 g/mol. The first kappa shape index (κ1) is 12.4. The van der Waals surface area contributed by atoms with E-state index in [-0.39, 0.29) is 0 Å². The molecule has 0 saturated heterocycles. The highest BCUT2D eigenvalue weighted by atomic mass is 35.5. The van der Waals surface area contributed by atoms with Gasteiger partial charge in [0, 0.05) is 34.6 Å². The first-order chi connectivity index (χ1) is 9.28. The minimum Gasteiger partial charge on any atom is -0.341 e. The number of rotatable bonds is 3. The first-order valence-electron chi connectivity index (χ1n) is 6.01. The van der Waals surface area contributed by atoms with Gasteiger partial charge in [-0.15, -0.1) is 11.3 Å². The Bertz CT molecular complexity index is 688. The molecule has 0 aromatic carbocycles. The van der Waals surface area contributed by atoms with Gasteiger partial charge in [0.05, 0.1) is 10.0 Å². The van der Waals surface area contributed by atoms with Crippen molar-refractivity contribution in [3.05, 3.63) is 46.0 Å². The minimum atomic E-state index is 0.771. The zero-order valence-electron chi connectivity index (χ0n) is 10.4. The first-order valence-corrected chi connectivity index (χ1v) is 7.27. The van der Waals surface area contributed by atoms with E-state index < -0.39 is 0 Å².